The maximum Gasteiger partial charge on any atom is 0.326 e. The van der Waals surface area contributed by atoms with Crippen molar-refractivity contribution >= 4 is 33.4 Å². The van der Waals surface area contributed by atoms with Crippen LogP contribution >= 0.6 is 11.8 Å². The maximum atomic E-state index is 14.1. The molecule has 0 unspecified atom stereocenters. The lowest BCUT2D eigenvalue weighted by Crippen LogP contribution is -2.36. The van der Waals surface area contributed by atoms with Gasteiger partial charge in [-0.2, -0.15) is 0 Å². The van der Waals surface area contributed by atoms with Crippen LogP contribution in [0.1, 0.15) is 0 Å². The standard InChI is InChI=1S/C16H16FNO4S2/c1-22-16(19)11-18(15-6-4-3-5-14(15)17)24(20,21)13-9-7-12(23-2)8-10-13/h3-10H,11H2,1-2H3. The van der Waals surface area contributed by atoms with Crippen molar-refractivity contribution in [3.05, 3.63) is 54.3 Å². The highest BCUT2D eigenvalue weighted by molar-refractivity contribution is 7.98. The molecule has 0 saturated carbocycles. The number of anilines is 1. The van der Waals surface area contributed by atoms with Crippen molar-refractivity contribution in [2.24, 2.45) is 0 Å². The van der Waals surface area contributed by atoms with Crippen LogP contribution in [0.3, 0.4) is 0 Å². The second-order valence-electron chi connectivity index (χ2n) is 4.71. The number of benzene rings is 2. The first-order valence-electron chi connectivity index (χ1n) is 6.88. The minimum absolute atomic E-state index is 0.0348. The molecule has 0 amide bonds. The predicted molar refractivity (Wildman–Crippen MR) is 91.2 cm³/mol. The van der Waals surface area contributed by atoms with E-state index in [0.717, 1.165) is 18.1 Å². The molecule has 24 heavy (non-hydrogen) atoms. The summed E-state index contributed by atoms with van der Waals surface area (Å²) in [7, 11) is -2.98. The number of nitrogens with zero attached hydrogens (tertiary/aromatic N) is 1. The van der Waals surface area contributed by atoms with Gasteiger partial charge in [0.15, 0.2) is 0 Å². The number of carbonyl (C=O) groups excluding carboxylic acids is 1. The van der Waals surface area contributed by atoms with Gasteiger partial charge in [0.25, 0.3) is 10.0 Å². The summed E-state index contributed by atoms with van der Waals surface area (Å²) in [4.78, 5) is 12.5. The Morgan fingerprint density at radius 1 is 1.17 bits per heavy atom. The second kappa shape index (κ2) is 7.67. The number of methoxy groups -OCH3 is 1. The molecule has 0 spiro atoms. The highest BCUT2D eigenvalue weighted by atomic mass is 32.2. The SMILES string of the molecule is COC(=O)CN(c1ccccc1F)S(=O)(=O)c1ccc(SC)cc1. The number of ether oxygens (including phenoxy) is 1. The van der Waals surface area contributed by atoms with Gasteiger partial charge in [0, 0.05) is 4.90 Å². The van der Waals surface area contributed by atoms with E-state index in [9.17, 15) is 17.6 Å². The van der Waals surface area contributed by atoms with E-state index in [4.69, 9.17) is 0 Å². The van der Waals surface area contributed by atoms with Gasteiger partial charge in [0.2, 0.25) is 0 Å². The normalized spacial score (nSPS) is 11.1. The summed E-state index contributed by atoms with van der Waals surface area (Å²) >= 11 is 1.47. The van der Waals surface area contributed by atoms with Crippen LogP contribution in [0.15, 0.2) is 58.3 Å². The zero-order valence-electron chi connectivity index (χ0n) is 13.1. The summed E-state index contributed by atoms with van der Waals surface area (Å²) < 4.78 is 45.1. The molecular formula is C16H16FNO4S2. The molecule has 0 heterocycles. The topological polar surface area (TPSA) is 63.7 Å². The third-order valence-corrected chi connectivity index (χ3v) is 5.79. The summed E-state index contributed by atoms with van der Waals surface area (Å²) in [5.41, 5.74) is -0.211. The van der Waals surface area contributed by atoms with Gasteiger partial charge in [-0.25, -0.2) is 12.8 Å². The van der Waals surface area contributed by atoms with Crippen LogP contribution in [0.2, 0.25) is 0 Å². The van der Waals surface area contributed by atoms with Crippen molar-refractivity contribution in [2.45, 2.75) is 9.79 Å². The number of hydrogen-bond donors (Lipinski definition) is 0. The predicted octanol–water partition coefficient (Wildman–Crippen LogP) is 2.92. The van der Waals surface area contributed by atoms with Crippen molar-refractivity contribution in [3.8, 4) is 0 Å². The van der Waals surface area contributed by atoms with Crippen LogP contribution in [0.5, 0.6) is 0 Å². The molecule has 0 bridgehead atoms. The molecule has 5 nitrogen and oxygen atoms in total. The molecule has 0 fully saturated rings. The lowest BCUT2D eigenvalue weighted by atomic mass is 10.3. The van der Waals surface area contributed by atoms with Gasteiger partial charge in [-0.3, -0.25) is 9.10 Å². The molecule has 2 rings (SSSR count). The number of hydrogen-bond acceptors (Lipinski definition) is 5. The summed E-state index contributed by atoms with van der Waals surface area (Å²) in [6, 6.07) is 11.5. The van der Waals surface area contributed by atoms with Crippen LogP contribution in [0.25, 0.3) is 0 Å². The Hall–Kier alpha value is -2.06. The molecule has 0 atom stereocenters. The van der Waals surface area contributed by atoms with E-state index in [1.807, 2.05) is 6.26 Å². The average molecular weight is 369 g/mol. The largest absolute Gasteiger partial charge is 0.468 e. The summed E-state index contributed by atoms with van der Waals surface area (Å²) in [6.07, 6.45) is 1.87. The summed E-state index contributed by atoms with van der Waals surface area (Å²) in [5, 5.41) is 0. The second-order valence-corrected chi connectivity index (χ2v) is 7.46. The fourth-order valence-electron chi connectivity index (χ4n) is 2.01. The smallest absolute Gasteiger partial charge is 0.326 e. The minimum Gasteiger partial charge on any atom is -0.468 e. The lowest BCUT2D eigenvalue weighted by molar-refractivity contribution is -0.138. The maximum absolute atomic E-state index is 14.1. The fraction of sp³-hybridized carbons (Fsp3) is 0.188. The average Bonchev–Trinajstić information content (AvgIpc) is 2.60. The number of halogens is 1. The number of para-hydroxylation sites is 1. The Bertz CT molecular complexity index is 822. The third kappa shape index (κ3) is 3.88. The quantitative estimate of drug-likeness (QED) is 0.579. The Balaban J connectivity index is 2.52. The Morgan fingerprint density at radius 2 is 1.79 bits per heavy atom. The molecule has 128 valence electrons. The number of carbonyl (C=O) groups is 1. The summed E-state index contributed by atoms with van der Waals surface area (Å²) in [5.74, 6) is -1.53. The number of thioether (sulfide) groups is 1. The van der Waals surface area contributed by atoms with Gasteiger partial charge in [0.1, 0.15) is 12.4 Å². The molecule has 0 N–H and O–H groups in total. The van der Waals surface area contributed by atoms with E-state index in [1.54, 1.807) is 12.1 Å². The molecule has 0 aliphatic carbocycles. The van der Waals surface area contributed by atoms with Gasteiger partial charge in [-0.05, 0) is 42.7 Å². The van der Waals surface area contributed by atoms with Crippen molar-refractivity contribution in [1.82, 2.24) is 0 Å². The molecule has 0 saturated heterocycles. The van der Waals surface area contributed by atoms with Crippen molar-refractivity contribution < 1.29 is 22.3 Å². The number of sulfonamides is 1. The molecule has 2 aromatic rings. The first kappa shape index (κ1) is 18.3. The first-order chi connectivity index (χ1) is 11.4. The summed E-state index contributed by atoms with van der Waals surface area (Å²) in [6.45, 7) is -0.621. The Labute approximate surface area is 144 Å². The Morgan fingerprint density at radius 3 is 2.33 bits per heavy atom. The molecule has 0 aromatic heterocycles. The van der Waals surface area contributed by atoms with Gasteiger partial charge >= 0.3 is 5.97 Å². The van der Waals surface area contributed by atoms with E-state index in [-0.39, 0.29) is 10.6 Å². The van der Waals surface area contributed by atoms with E-state index in [0.29, 0.717) is 4.31 Å². The van der Waals surface area contributed by atoms with Gasteiger partial charge in [-0.15, -0.1) is 11.8 Å². The van der Waals surface area contributed by atoms with E-state index < -0.39 is 28.4 Å². The number of rotatable bonds is 6. The van der Waals surface area contributed by atoms with Gasteiger partial charge in [-0.1, -0.05) is 12.1 Å². The fourth-order valence-corrected chi connectivity index (χ4v) is 3.84. The highest BCUT2D eigenvalue weighted by Gasteiger charge is 2.29. The van der Waals surface area contributed by atoms with Gasteiger partial charge in [0.05, 0.1) is 17.7 Å². The van der Waals surface area contributed by atoms with Crippen molar-refractivity contribution in [1.29, 1.82) is 0 Å². The molecule has 0 radical (unpaired) electrons. The van der Waals surface area contributed by atoms with Crippen molar-refractivity contribution in [2.75, 3.05) is 24.2 Å². The molecule has 0 aliphatic heterocycles. The Kier molecular flexibility index (Phi) is 5.84. The number of esters is 1. The molecule has 2 aromatic carbocycles. The van der Waals surface area contributed by atoms with E-state index in [2.05, 4.69) is 4.74 Å². The monoisotopic (exact) mass is 369 g/mol. The van der Waals surface area contributed by atoms with Crippen LogP contribution in [0, 0.1) is 5.82 Å². The molecule has 8 heteroatoms. The third-order valence-electron chi connectivity index (χ3n) is 3.27. The van der Waals surface area contributed by atoms with Crippen LogP contribution in [-0.4, -0.2) is 34.3 Å². The van der Waals surface area contributed by atoms with E-state index >= 15 is 0 Å². The zero-order valence-corrected chi connectivity index (χ0v) is 14.7. The molecular weight excluding hydrogens is 353 g/mol. The van der Waals surface area contributed by atoms with Crippen molar-refractivity contribution in [3.63, 3.8) is 0 Å². The molecule has 0 aliphatic rings. The van der Waals surface area contributed by atoms with Crippen LogP contribution in [0.4, 0.5) is 10.1 Å². The first-order valence-corrected chi connectivity index (χ1v) is 9.54. The zero-order chi connectivity index (χ0) is 17.7. The van der Waals surface area contributed by atoms with E-state index in [1.165, 1.54) is 42.1 Å². The highest BCUT2D eigenvalue weighted by Crippen LogP contribution is 2.27. The van der Waals surface area contributed by atoms with Gasteiger partial charge < -0.3 is 4.74 Å². The minimum atomic E-state index is -4.12. The lowest BCUT2D eigenvalue weighted by Gasteiger charge is -2.23. The van der Waals surface area contributed by atoms with Crippen LogP contribution < -0.4 is 4.31 Å². The van der Waals surface area contributed by atoms with Crippen LogP contribution in [-0.2, 0) is 19.6 Å².